The third-order valence-corrected chi connectivity index (χ3v) is 6.12. The Kier molecular flexibility index (Phi) is 7.91. The zero-order chi connectivity index (χ0) is 19.8. The molecule has 2 aromatic rings. The molecular weight excluding hydrogens is 394 g/mol. The molecule has 0 bridgehead atoms. The van der Waals surface area contributed by atoms with E-state index in [1.165, 1.54) is 50.1 Å². The first-order valence-electron chi connectivity index (χ1n) is 9.73. The van der Waals surface area contributed by atoms with Gasteiger partial charge in [0, 0.05) is 19.2 Å². The quantitative estimate of drug-likeness (QED) is 0.468. The predicted octanol–water partition coefficient (Wildman–Crippen LogP) is 4.76. The summed E-state index contributed by atoms with van der Waals surface area (Å²) in [5, 5.41) is 12.7. The van der Waals surface area contributed by atoms with Crippen molar-refractivity contribution >= 4 is 35.1 Å². The molecule has 1 amide bonds. The van der Waals surface area contributed by atoms with Gasteiger partial charge in [-0.15, -0.1) is 16.8 Å². The molecule has 2 heterocycles. The lowest BCUT2D eigenvalue weighted by atomic mass is 9.86. The SMILES string of the molecule is C=CCn1c(CCC2CCCCC2)nnc1SCC(=O)Nc1ccc(Cl)cn1. The van der Waals surface area contributed by atoms with E-state index in [2.05, 4.69) is 31.6 Å². The Morgan fingerprint density at radius 1 is 1.32 bits per heavy atom. The van der Waals surface area contributed by atoms with Crippen LogP contribution in [0.1, 0.15) is 44.3 Å². The summed E-state index contributed by atoms with van der Waals surface area (Å²) in [7, 11) is 0. The summed E-state index contributed by atoms with van der Waals surface area (Å²) >= 11 is 7.18. The molecule has 1 saturated carbocycles. The Bertz CT molecular complexity index is 786. The molecule has 0 spiro atoms. The van der Waals surface area contributed by atoms with Crippen molar-refractivity contribution in [1.82, 2.24) is 19.7 Å². The number of pyridine rings is 1. The number of thioether (sulfide) groups is 1. The van der Waals surface area contributed by atoms with Gasteiger partial charge in [-0.05, 0) is 24.5 Å². The summed E-state index contributed by atoms with van der Waals surface area (Å²) < 4.78 is 2.06. The van der Waals surface area contributed by atoms with Gasteiger partial charge < -0.3 is 9.88 Å². The Labute approximate surface area is 175 Å². The number of anilines is 1. The summed E-state index contributed by atoms with van der Waals surface area (Å²) in [5.74, 6) is 2.36. The van der Waals surface area contributed by atoms with Crippen LogP contribution in [0.25, 0.3) is 0 Å². The molecule has 0 atom stereocenters. The minimum atomic E-state index is -0.142. The maximum absolute atomic E-state index is 12.2. The molecule has 1 aliphatic carbocycles. The van der Waals surface area contributed by atoms with Gasteiger partial charge in [0.15, 0.2) is 5.16 Å². The number of aryl methyl sites for hydroxylation is 1. The standard InChI is InChI=1S/C20H26ClN5OS/c1-2-12-26-18(11-8-15-6-4-3-5-7-15)24-25-20(26)28-14-19(27)23-17-10-9-16(21)13-22-17/h2,9-10,13,15H,1,3-8,11-12,14H2,(H,22,23,27). The van der Waals surface area contributed by atoms with Crippen LogP contribution in [0.3, 0.4) is 0 Å². The minimum absolute atomic E-state index is 0.142. The predicted molar refractivity (Wildman–Crippen MR) is 114 cm³/mol. The number of allylic oxidation sites excluding steroid dienone is 1. The number of carbonyl (C=O) groups excluding carboxylic acids is 1. The molecule has 0 saturated heterocycles. The highest BCUT2D eigenvalue weighted by Crippen LogP contribution is 2.28. The Morgan fingerprint density at radius 2 is 2.14 bits per heavy atom. The van der Waals surface area contributed by atoms with Crippen LogP contribution >= 0.6 is 23.4 Å². The van der Waals surface area contributed by atoms with E-state index in [1.807, 2.05) is 6.08 Å². The summed E-state index contributed by atoms with van der Waals surface area (Å²) in [5.41, 5.74) is 0. The molecule has 0 radical (unpaired) electrons. The van der Waals surface area contributed by atoms with Gasteiger partial charge in [0.05, 0.1) is 10.8 Å². The molecule has 28 heavy (non-hydrogen) atoms. The molecule has 1 aliphatic rings. The largest absolute Gasteiger partial charge is 0.310 e. The first-order valence-corrected chi connectivity index (χ1v) is 11.1. The van der Waals surface area contributed by atoms with Gasteiger partial charge in [-0.2, -0.15) is 0 Å². The van der Waals surface area contributed by atoms with E-state index < -0.39 is 0 Å². The first kappa shape index (κ1) is 20.9. The average Bonchev–Trinajstić information content (AvgIpc) is 3.09. The Morgan fingerprint density at radius 3 is 2.86 bits per heavy atom. The van der Waals surface area contributed by atoms with Crippen molar-refractivity contribution in [2.45, 2.75) is 56.6 Å². The van der Waals surface area contributed by atoms with E-state index in [9.17, 15) is 4.79 Å². The normalized spacial score (nSPS) is 14.8. The number of halogens is 1. The molecule has 2 aromatic heterocycles. The molecule has 0 unspecified atom stereocenters. The topological polar surface area (TPSA) is 72.7 Å². The number of amides is 1. The summed E-state index contributed by atoms with van der Waals surface area (Å²) in [6.07, 6.45) is 12.2. The highest BCUT2D eigenvalue weighted by atomic mass is 35.5. The molecule has 8 heteroatoms. The lowest BCUT2D eigenvalue weighted by Gasteiger charge is -2.21. The minimum Gasteiger partial charge on any atom is -0.310 e. The van der Waals surface area contributed by atoms with Crippen LogP contribution in [0.15, 0.2) is 36.1 Å². The van der Waals surface area contributed by atoms with E-state index in [4.69, 9.17) is 11.6 Å². The van der Waals surface area contributed by atoms with Crippen LogP contribution in [-0.4, -0.2) is 31.4 Å². The summed E-state index contributed by atoms with van der Waals surface area (Å²) in [4.78, 5) is 16.3. The van der Waals surface area contributed by atoms with Crippen LogP contribution in [0.4, 0.5) is 5.82 Å². The number of rotatable bonds is 9. The average molecular weight is 420 g/mol. The maximum atomic E-state index is 12.2. The molecular formula is C20H26ClN5OS. The van der Waals surface area contributed by atoms with Crippen molar-refractivity contribution in [1.29, 1.82) is 0 Å². The molecule has 0 aromatic carbocycles. The number of hydrogen-bond acceptors (Lipinski definition) is 5. The molecule has 1 N–H and O–H groups in total. The van der Waals surface area contributed by atoms with Crippen molar-refractivity contribution < 1.29 is 4.79 Å². The second-order valence-electron chi connectivity index (χ2n) is 7.04. The monoisotopic (exact) mass is 419 g/mol. The molecule has 1 fully saturated rings. The van der Waals surface area contributed by atoms with Gasteiger partial charge in [-0.1, -0.05) is 61.5 Å². The molecule has 3 rings (SSSR count). The zero-order valence-corrected chi connectivity index (χ0v) is 17.5. The van der Waals surface area contributed by atoms with Gasteiger partial charge in [0.2, 0.25) is 5.91 Å². The lowest BCUT2D eigenvalue weighted by Crippen LogP contribution is -2.15. The van der Waals surface area contributed by atoms with E-state index in [1.54, 1.807) is 12.1 Å². The summed E-state index contributed by atoms with van der Waals surface area (Å²) in [6.45, 7) is 4.49. The number of carbonyl (C=O) groups is 1. The molecule has 6 nitrogen and oxygen atoms in total. The van der Waals surface area contributed by atoms with Crippen molar-refractivity contribution in [2.24, 2.45) is 5.92 Å². The van der Waals surface area contributed by atoms with Crippen molar-refractivity contribution in [3.63, 3.8) is 0 Å². The van der Waals surface area contributed by atoms with E-state index in [0.717, 1.165) is 29.7 Å². The fourth-order valence-corrected chi connectivity index (χ4v) is 4.37. The van der Waals surface area contributed by atoms with Gasteiger partial charge in [0.1, 0.15) is 11.6 Å². The van der Waals surface area contributed by atoms with Crippen molar-refractivity contribution in [3.05, 3.63) is 41.8 Å². The third kappa shape index (κ3) is 6.07. The van der Waals surface area contributed by atoms with Crippen LogP contribution in [-0.2, 0) is 17.8 Å². The van der Waals surface area contributed by atoms with Crippen molar-refractivity contribution in [3.8, 4) is 0 Å². The highest BCUT2D eigenvalue weighted by molar-refractivity contribution is 7.99. The third-order valence-electron chi connectivity index (χ3n) is 4.93. The van der Waals surface area contributed by atoms with E-state index in [0.29, 0.717) is 17.4 Å². The number of aromatic nitrogens is 4. The van der Waals surface area contributed by atoms with Crippen LogP contribution in [0.5, 0.6) is 0 Å². The Balaban J connectivity index is 1.55. The zero-order valence-electron chi connectivity index (χ0n) is 15.9. The van der Waals surface area contributed by atoms with Crippen LogP contribution < -0.4 is 5.32 Å². The highest BCUT2D eigenvalue weighted by Gasteiger charge is 2.17. The fourth-order valence-electron chi connectivity index (χ4n) is 3.49. The smallest absolute Gasteiger partial charge is 0.236 e. The number of nitrogens with one attached hydrogen (secondary N) is 1. The Hall–Kier alpha value is -1.86. The van der Waals surface area contributed by atoms with Gasteiger partial charge in [-0.25, -0.2) is 4.98 Å². The second kappa shape index (κ2) is 10.6. The maximum Gasteiger partial charge on any atom is 0.236 e. The van der Waals surface area contributed by atoms with E-state index >= 15 is 0 Å². The lowest BCUT2D eigenvalue weighted by molar-refractivity contribution is -0.113. The second-order valence-corrected chi connectivity index (χ2v) is 8.42. The molecule has 150 valence electrons. The van der Waals surface area contributed by atoms with Crippen LogP contribution in [0.2, 0.25) is 5.02 Å². The number of hydrogen-bond donors (Lipinski definition) is 1. The fraction of sp³-hybridized carbons (Fsp3) is 0.500. The van der Waals surface area contributed by atoms with E-state index in [-0.39, 0.29) is 11.7 Å². The summed E-state index contributed by atoms with van der Waals surface area (Å²) in [6, 6.07) is 3.37. The number of nitrogens with zero attached hydrogens (tertiary/aromatic N) is 4. The van der Waals surface area contributed by atoms with Gasteiger partial charge >= 0.3 is 0 Å². The van der Waals surface area contributed by atoms with Crippen molar-refractivity contribution in [2.75, 3.05) is 11.1 Å². The van der Waals surface area contributed by atoms with Crippen LogP contribution in [0, 0.1) is 5.92 Å². The van der Waals surface area contributed by atoms with Gasteiger partial charge in [0.25, 0.3) is 0 Å². The molecule has 0 aliphatic heterocycles. The first-order chi connectivity index (χ1) is 13.7. The van der Waals surface area contributed by atoms with Gasteiger partial charge in [-0.3, -0.25) is 4.79 Å².